The maximum atomic E-state index is 5.83. The smallest absolute Gasteiger partial charge is 0.134 e. The fraction of sp³-hybridized carbons (Fsp3) is 0.0658. The van der Waals surface area contributed by atoms with Gasteiger partial charge in [0, 0.05) is 38.6 Å². The number of rotatable bonds is 10. The molecule has 2 aromatic heterocycles. The highest BCUT2D eigenvalue weighted by molar-refractivity contribution is 6.27. The van der Waals surface area contributed by atoms with Crippen LogP contribution in [0, 0.1) is 0 Å². The number of para-hydroxylation sites is 2. The van der Waals surface area contributed by atoms with Crippen molar-refractivity contribution < 1.29 is 0 Å². The molecule has 16 rings (SSSR count). The molecule has 1 aliphatic carbocycles. The molecule has 11 aromatic carbocycles. The number of nitrogens with zero attached hydrogens (tertiary/aromatic N) is 6. The van der Waals surface area contributed by atoms with E-state index in [1.54, 1.807) is 0 Å². The Morgan fingerprint density at radius 3 is 1.88 bits per heavy atom. The van der Waals surface area contributed by atoms with Crippen LogP contribution in [0.25, 0.3) is 93.3 Å². The number of amidine groups is 3. The standard InChI is InChI=1S/C76H55N8/c1-5-21-49(22-6-1)54-31-19-33-57(45-54)73-80-74(58-34-20-32-55(46-58)50-23-7-2-8-24-50)82-76(81-73)64-48-59(75-78-71(52-26-9-3-10-27-52)77-72(79-75)53-28-11-4-12-29-53)40-43-67(64)84-65-37-17-15-35-61(65)62-42-44-68-69(70(62)84)63-36-16-18-38-66(63)83(68)60-41-39-51-25-13-14-30-56(51)47-60/h1-11,13-28,30-48,71,73-74,80H,12,29H2,(H-,77,78,79,81,82)/q-1. The van der Waals surface area contributed by atoms with Gasteiger partial charge in [-0.15, -0.1) is 0 Å². The van der Waals surface area contributed by atoms with Crippen LogP contribution in [-0.4, -0.2) is 26.6 Å². The van der Waals surface area contributed by atoms with Crippen LogP contribution in [0.3, 0.4) is 0 Å². The first-order valence-corrected chi connectivity index (χ1v) is 28.9. The van der Waals surface area contributed by atoms with Crippen LogP contribution in [0.15, 0.2) is 300 Å². The SMILES string of the molecule is C1=CCCC(C2=NC(c3ccccc3)[N-]C(c3ccc(-n4c5ccccc5c5ccc6c(c7ccccc7n6-c6ccc7ccccc7c6)c54)c(C4=NC(c5cccc(-c6ccccc6)c5)NC(c5cccc(-c6ccccc6)c5)N4)c3)=N2)=C1. The van der Waals surface area contributed by atoms with E-state index < -0.39 is 12.3 Å². The first kappa shape index (κ1) is 49.2. The molecule has 0 saturated heterocycles. The molecule has 3 unspecified atom stereocenters. The van der Waals surface area contributed by atoms with Gasteiger partial charge < -0.3 is 24.8 Å². The van der Waals surface area contributed by atoms with Gasteiger partial charge in [-0.1, -0.05) is 230 Å². The number of benzene rings is 11. The summed E-state index contributed by atoms with van der Waals surface area (Å²) in [4.78, 5) is 16.4. The van der Waals surface area contributed by atoms with E-state index in [0.29, 0.717) is 11.7 Å². The Balaban J connectivity index is 0.959. The molecular weight excluding hydrogens is 1020 g/mol. The van der Waals surface area contributed by atoms with Crippen LogP contribution < -0.4 is 10.6 Å². The highest BCUT2D eigenvalue weighted by atomic mass is 15.3. The molecule has 84 heavy (non-hydrogen) atoms. The van der Waals surface area contributed by atoms with E-state index in [-0.39, 0.29) is 6.17 Å². The minimum atomic E-state index is -0.480. The zero-order chi connectivity index (χ0) is 55.5. The Morgan fingerprint density at radius 2 is 1.12 bits per heavy atom. The maximum Gasteiger partial charge on any atom is 0.134 e. The molecule has 0 radical (unpaired) electrons. The van der Waals surface area contributed by atoms with Crippen molar-refractivity contribution in [1.82, 2.24) is 19.8 Å². The second-order valence-corrected chi connectivity index (χ2v) is 21.9. The zero-order valence-corrected chi connectivity index (χ0v) is 45.9. The lowest BCUT2D eigenvalue weighted by molar-refractivity contribution is 0.409. The molecule has 400 valence electrons. The Morgan fingerprint density at radius 1 is 0.464 bits per heavy atom. The fourth-order valence-electron chi connectivity index (χ4n) is 12.8. The average Bonchev–Trinajstić information content (AvgIpc) is 1.92. The van der Waals surface area contributed by atoms with Crippen LogP contribution in [0.1, 0.15) is 59.2 Å². The van der Waals surface area contributed by atoms with Crippen LogP contribution in [0.5, 0.6) is 0 Å². The number of nitrogens with one attached hydrogen (secondary N) is 2. The number of allylic oxidation sites excluding steroid dienone is 3. The molecule has 8 nitrogen and oxygen atoms in total. The molecule has 0 saturated carbocycles. The highest BCUT2D eigenvalue weighted by Crippen LogP contribution is 2.44. The van der Waals surface area contributed by atoms with Crippen molar-refractivity contribution in [3.63, 3.8) is 0 Å². The second-order valence-electron chi connectivity index (χ2n) is 21.9. The van der Waals surface area contributed by atoms with Gasteiger partial charge in [0.15, 0.2) is 0 Å². The summed E-state index contributed by atoms with van der Waals surface area (Å²) in [6, 6.07) is 93.7. The molecule has 3 aliphatic rings. The number of aliphatic imine (C=N–C) groups is 3. The van der Waals surface area contributed by atoms with Crippen molar-refractivity contribution in [2.45, 2.75) is 31.3 Å². The molecular formula is C76H55N8-. The summed E-state index contributed by atoms with van der Waals surface area (Å²) in [5.74, 6) is 2.07. The van der Waals surface area contributed by atoms with E-state index in [0.717, 1.165) is 119 Å². The Bertz CT molecular complexity index is 4890. The van der Waals surface area contributed by atoms with Gasteiger partial charge in [-0.2, -0.15) is 0 Å². The van der Waals surface area contributed by atoms with Gasteiger partial charge in [0.2, 0.25) is 0 Å². The second kappa shape index (κ2) is 20.7. The van der Waals surface area contributed by atoms with Gasteiger partial charge in [-0.3, -0.25) is 10.3 Å². The average molecular weight is 1080 g/mol. The van der Waals surface area contributed by atoms with Gasteiger partial charge in [-0.05, 0) is 128 Å². The topological polar surface area (TPSA) is 85.1 Å². The van der Waals surface area contributed by atoms with Crippen molar-refractivity contribution >= 4 is 71.9 Å². The lowest BCUT2D eigenvalue weighted by Gasteiger charge is -2.35. The largest absolute Gasteiger partial charge is 0.438 e. The molecule has 3 atom stereocenters. The monoisotopic (exact) mass is 1080 g/mol. The normalized spacial score (nSPS) is 17.0. The Labute approximate surface area is 486 Å². The van der Waals surface area contributed by atoms with Crippen LogP contribution in [0.4, 0.5) is 0 Å². The number of hydrogen-bond acceptors (Lipinski definition) is 5. The number of hydrogen-bond donors (Lipinski definition) is 2. The third-order valence-electron chi connectivity index (χ3n) is 16.8. The minimum Gasteiger partial charge on any atom is -0.438 e. The maximum absolute atomic E-state index is 5.83. The van der Waals surface area contributed by atoms with Crippen molar-refractivity contribution in [2.75, 3.05) is 0 Å². The summed E-state index contributed by atoms with van der Waals surface area (Å²) >= 11 is 0. The van der Waals surface area contributed by atoms with Crippen molar-refractivity contribution in [1.29, 1.82) is 0 Å². The van der Waals surface area contributed by atoms with E-state index in [4.69, 9.17) is 20.3 Å². The van der Waals surface area contributed by atoms with Crippen LogP contribution in [-0.2, 0) is 0 Å². The highest BCUT2D eigenvalue weighted by Gasteiger charge is 2.30. The Hall–Kier alpha value is -10.7. The first-order valence-electron chi connectivity index (χ1n) is 28.9. The predicted molar refractivity (Wildman–Crippen MR) is 348 cm³/mol. The quantitative estimate of drug-likeness (QED) is 0.143. The molecule has 4 heterocycles. The number of aromatic nitrogens is 2. The van der Waals surface area contributed by atoms with Crippen molar-refractivity contribution in [3.05, 3.63) is 318 Å². The molecule has 13 aromatic rings. The third-order valence-corrected chi connectivity index (χ3v) is 16.8. The molecule has 0 amide bonds. The Kier molecular flexibility index (Phi) is 12.1. The summed E-state index contributed by atoms with van der Waals surface area (Å²) < 4.78 is 4.93. The predicted octanol–water partition coefficient (Wildman–Crippen LogP) is 18.2. The van der Waals surface area contributed by atoms with E-state index >= 15 is 0 Å². The number of fused-ring (bicyclic) bond motifs is 8. The van der Waals surface area contributed by atoms with E-state index in [2.05, 4.69) is 293 Å². The summed E-state index contributed by atoms with van der Waals surface area (Å²) in [6.07, 6.45) is 6.95. The van der Waals surface area contributed by atoms with Gasteiger partial charge in [-0.25, -0.2) is 4.99 Å². The molecule has 2 aliphatic heterocycles. The van der Waals surface area contributed by atoms with E-state index in [1.165, 1.54) is 21.5 Å². The van der Waals surface area contributed by atoms with E-state index in [1.807, 2.05) is 6.07 Å². The summed E-state index contributed by atoms with van der Waals surface area (Å²) in [5.41, 5.74) is 17.1. The fourth-order valence-corrected chi connectivity index (χ4v) is 12.8. The molecule has 0 fully saturated rings. The molecule has 8 heteroatoms. The zero-order valence-electron chi connectivity index (χ0n) is 45.9. The first-order chi connectivity index (χ1) is 41.6. The van der Waals surface area contributed by atoms with Crippen LogP contribution in [0.2, 0.25) is 0 Å². The molecule has 2 N–H and O–H groups in total. The van der Waals surface area contributed by atoms with Crippen LogP contribution >= 0.6 is 0 Å². The summed E-state index contributed by atoms with van der Waals surface area (Å²) in [6.45, 7) is 0. The van der Waals surface area contributed by atoms with Crippen molar-refractivity contribution in [2.24, 2.45) is 15.0 Å². The summed E-state index contributed by atoms with van der Waals surface area (Å²) in [5, 5.41) is 20.5. The van der Waals surface area contributed by atoms with Gasteiger partial charge in [0.05, 0.1) is 33.9 Å². The minimum absolute atomic E-state index is 0.364. The lowest BCUT2D eigenvalue weighted by atomic mass is 9.98. The van der Waals surface area contributed by atoms with Gasteiger partial charge >= 0.3 is 0 Å². The molecule has 0 bridgehead atoms. The third kappa shape index (κ3) is 8.70. The van der Waals surface area contributed by atoms with Gasteiger partial charge in [0.1, 0.15) is 18.2 Å². The summed E-state index contributed by atoms with van der Waals surface area (Å²) in [7, 11) is 0. The van der Waals surface area contributed by atoms with E-state index in [9.17, 15) is 0 Å². The lowest BCUT2D eigenvalue weighted by Crippen LogP contribution is -2.45. The van der Waals surface area contributed by atoms with Gasteiger partial charge in [0.25, 0.3) is 0 Å². The van der Waals surface area contributed by atoms with Crippen molar-refractivity contribution in [3.8, 4) is 33.6 Å². The molecule has 0 spiro atoms.